The lowest BCUT2D eigenvalue weighted by atomic mass is 10.0. The summed E-state index contributed by atoms with van der Waals surface area (Å²) >= 11 is 3.45. The van der Waals surface area contributed by atoms with Gasteiger partial charge in [-0.25, -0.2) is 0 Å². The first-order valence-corrected chi connectivity index (χ1v) is 7.63. The molecule has 0 radical (unpaired) electrons. The molecule has 0 aliphatic carbocycles. The van der Waals surface area contributed by atoms with E-state index in [0.29, 0.717) is 0 Å². The maximum atomic E-state index is 10.1. The maximum Gasteiger partial charge on any atom is 0.0807 e. The van der Waals surface area contributed by atoms with Crippen LogP contribution in [0.25, 0.3) is 0 Å². The molecule has 0 aliphatic heterocycles. The van der Waals surface area contributed by atoms with E-state index < -0.39 is 6.10 Å². The van der Waals surface area contributed by atoms with Gasteiger partial charge in [0.1, 0.15) is 0 Å². The summed E-state index contributed by atoms with van der Waals surface area (Å²) in [6.07, 6.45) is 0.321. The number of aliphatic hydroxyl groups is 1. The van der Waals surface area contributed by atoms with E-state index in [1.54, 1.807) is 0 Å². The normalized spacial score (nSPS) is 12.2. The molecule has 2 aromatic carbocycles. The van der Waals surface area contributed by atoms with Crippen LogP contribution in [0.1, 0.15) is 30.6 Å². The Balaban J connectivity index is 2.20. The first-order chi connectivity index (χ1) is 9.61. The van der Waals surface area contributed by atoms with Crippen LogP contribution in [0.4, 0.5) is 5.69 Å². The van der Waals surface area contributed by atoms with Crippen molar-refractivity contribution < 1.29 is 5.11 Å². The van der Waals surface area contributed by atoms with Gasteiger partial charge in [-0.2, -0.15) is 0 Å². The molecule has 1 N–H and O–H groups in total. The smallest absolute Gasteiger partial charge is 0.0807 e. The average Bonchev–Trinajstić information content (AvgIpc) is 2.48. The summed E-state index contributed by atoms with van der Waals surface area (Å²) in [6.45, 7) is 2.82. The van der Waals surface area contributed by atoms with Crippen molar-refractivity contribution in [2.75, 3.05) is 11.9 Å². The summed E-state index contributed by atoms with van der Waals surface area (Å²) in [5.74, 6) is 0. The second-order valence-corrected chi connectivity index (χ2v) is 5.88. The zero-order chi connectivity index (χ0) is 14.5. The first-order valence-electron chi connectivity index (χ1n) is 6.84. The number of aliphatic hydroxyl groups excluding tert-OH is 1. The molecule has 0 heterocycles. The molecular formula is C17H20BrNO. The molecule has 0 saturated carbocycles. The van der Waals surface area contributed by atoms with Crippen LogP contribution in [0.2, 0.25) is 0 Å². The quantitative estimate of drug-likeness (QED) is 0.868. The summed E-state index contributed by atoms with van der Waals surface area (Å²) in [7, 11) is 2.06. The van der Waals surface area contributed by atoms with E-state index in [0.717, 1.165) is 28.7 Å². The van der Waals surface area contributed by atoms with Gasteiger partial charge >= 0.3 is 0 Å². The van der Waals surface area contributed by atoms with Crippen LogP contribution in [0, 0.1) is 0 Å². The van der Waals surface area contributed by atoms with Gasteiger partial charge in [-0.15, -0.1) is 0 Å². The summed E-state index contributed by atoms with van der Waals surface area (Å²) in [5, 5.41) is 10.1. The minimum atomic E-state index is -0.404. The number of benzene rings is 2. The molecule has 0 aliphatic rings. The van der Waals surface area contributed by atoms with Crippen LogP contribution in [0.3, 0.4) is 0 Å². The summed E-state index contributed by atoms with van der Waals surface area (Å²) in [4.78, 5) is 2.18. The van der Waals surface area contributed by atoms with Gasteiger partial charge in [0.05, 0.1) is 6.10 Å². The molecule has 3 heteroatoms. The first kappa shape index (κ1) is 15.1. The predicted molar refractivity (Wildman–Crippen MR) is 87.9 cm³/mol. The molecule has 0 bridgehead atoms. The fraction of sp³-hybridized carbons (Fsp3) is 0.294. The number of anilines is 1. The Morgan fingerprint density at radius 2 is 1.75 bits per heavy atom. The van der Waals surface area contributed by atoms with Gasteiger partial charge in [-0.05, 0) is 30.2 Å². The molecule has 0 fully saturated rings. The molecule has 0 spiro atoms. The molecule has 0 amide bonds. The van der Waals surface area contributed by atoms with Crippen molar-refractivity contribution in [1.82, 2.24) is 0 Å². The largest absolute Gasteiger partial charge is 0.388 e. The summed E-state index contributed by atoms with van der Waals surface area (Å²) in [6, 6.07) is 16.4. The minimum absolute atomic E-state index is 0.404. The fourth-order valence-electron chi connectivity index (χ4n) is 2.29. The number of hydrogen-bond acceptors (Lipinski definition) is 2. The van der Waals surface area contributed by atoms with Gasteiger partial charge in [-0.1, -0.05) is 53.2 Å². The fourth-order valence-corrected chi connectivity index (χ4v) is 2.55. The number of hydrogen-bond donors (Lipinski definition) is 1. The van der Waals surface area contributed by atoms with E-state index in [2.05, 4.69) is 58.2 Å². The van der Waals surface area contributed by atoms with Crippen molar-refractivity contribution in [1.29, 1.82) is 0 Å². The van der Waals surface area contributed by atoms with Crippen molar-refractivity contribution in [3.8, 4) is 0 Å². The van der Waals surface area contributed by atoms with Crippen LogP contribution >= 0.6 is 15.9 Å². The van der Waals surface area contributed by atoms with Gasteiger partial charge in [0, 0.05) is 29.3 Å². The Kier molecular flexibility index (Phi) is 5.21. The lowest BCUT2D eigenvalue weighted by Gasteiger charge is -2.24. The Bertz CT molecular complexity index is 553. The lowest BCUT2D eigenvalue weighted by molar-refractivity contribution is 0.174. The molecule has 2 aromatic rings. The second kappa shape index (κ2) is 6.91. The van der Waals surface area contributed by atoms with Crippen LogP contribution < -0.4 is 4.90 Å². The van der Waals surface area contributed by atoms with Crippen LogP contribution in [-0.4, -0.2) is 12.2 Å². The summed E-state index contributed by atoms with van der Waals surface area (Å²) < 4.78 is 1.09. The SMILES string of the molecule is CC[C@@H](O)c1ccccc1N(C)Cc1ccc(Br)cc1. The number of para-hydroxylation sites is 1. The predicted octanol–water partition coefficient (Wildman–Crippen LogP) is 4.53. The van der Waals surface area contributed by atoms with E-state index in [9.17, 15) is 5.11 Å². The van der Waals surface area contributed by atoms with E-state index in [4.69, 9.17) is 0 Å². The van der Waals surface area contributed by atoms with Gasteiger partial charge < -0.3 is 10.0 Å². The highest BCUT2D eigenvalue weighted by Crippen LogP contribution is 2.28. The minimum Gasteiger partial charge on any atom is -0.388 e. The third kappa shape index (κ3) is 3.62. The van der Waals surface area contributed by atoms with Gasteiger partial charge in [0.15, 0.2) is 0 Å². The number of halogens is 1. The third-order valence-corrected chi connectivity index (χ3v) is 3.96. The zero-order valence-electron chi connectivity index (χ0n) is 11.9. The molecule has 20 heavy (non-hydrogen) atoms. The lowest BCUT2D eigenvalue weighted by Crippen LogP contribution is -2.18. The van der Waals surface area contributed by atoms with E-state index in [1.165, 1.54) is 5.56 Å². The highest BCUT2D eigenvalue weighted by Gasteiger charge is 2.13. The Labute approximate surface area is 129 Å². The molecule has 2 nitrogen and oxygen atoms in total. The summed E-state index contributed by atoms with van der Waals surface area (Å²) in [5.41, 5.74) is 3.33. The number of nitrogens with zero attached hydrogens (tertiary/aromatic N) is 1. The van der Waals surface area contributed by atoms with Gasteiger partial charge in [-0.3, -0.25) is 0 Å². The van der Waals surface area contributed by atoms with Crippen molar-refractivity contribution in [3.63, 3.8) is 0 Å². The molecule has 2 rings (SSSR count). The van der Waals surface area contributed by atoms with E-state index in [1.807, 2.05) is 25.1 Å². The molecule has 106 valence electrons. The monoisotopic (exact) mass is 333 g/mol. The molecular weight excluding hydrogens is 314 g/mol. The van der Waals surface area contributed by atoms with E-state index in [-0.39, 0.29) is 0 Å². The Morgan fingerprint density at radius 3 is 2.40 bits per heavy atom. The average molecular weight is 334 g/mol. The second-order valence-electron chi connectivity index (χ2n) is 4.97. The van der Waals surface area contributed by atoms with Crippen LogP contribution in [-0.2, 0) is 6.54 Å². The maximum absolute atomic E-state index is 10.1. The molecule has 0 aromatic heterocycles. The zero-order valence-corrected chi connectivity index (χ0v) is 13.5. The topological polar surface area (TPSA) is 23.5 Å². The molecule has 0 unspecified atom stereocenters. The van der Waals surface area contributed by atoms with Gasteiger partial charge in [0.2, 0.25) is 0 Å². The number of rotatable bonds is 5. The molecule has 1 atom stereocenters. The van der Waals surface area contributed by atoms with Crippen LogP contribution in [0.5, 0.6) is 0 Å². The molecule has 0 saturated heterocycles. The van der Waals surface area contributed by atoms with Crippen LogP contribution in [0.15, 0.2) is 53.0 Å². The van der Waals surface area contributed by atoms with Crippen molar-refractivity contribution in [3.05, 3.63) is 64.1 Å². The van der Waals surface area contributed by atoms with Crippen molar-refractivity contribution in [2.24, 2.45) is 0 Å². The third-order valence-electron chi connectivity index (χ3n) is 3.43. The van der Waals surface area contributed by atoms with Crippen molar-refractivity contribution >= 4 is 21.6 Å². The highest BCUT2D eigenvalue weighted by atomic mass is 79.9. The van der Waals surface area contributed by atoms with Gasteiger partial charge in [0.25, 0.3) is 0 Å². The van der Waals surface area contributed by atoms with E-state index >= 15 is 0 Å². The highest BCUT2D eigenvalue weighted by molar-refractivity contribution is 9.10. The van der Waals surface area contributed by atoms with Crippen molar-refractivity contribution in [2.45, 2.75) is 26.0 Å². The standard InChI is InChI=1S/C17H20BrNO/c1-3-17(20)15-6-4-5-7-16(15)19(2)12-13-8-10-14(18)11-9-13/h4-11,17,20H,3,12H2,1-2H3/t17-/m1/s1. The Morgan fingerprint density at radius 1 is 1.10 bits per heavy atom. The Hall–Kier alpha value is -1.32.